The number of rotatable bonds is 5. The molecular formula is C15H20O3. The summed E-state index contributed by atoms with van der Waals surface area (Å²) < 4.78 is 11.2. The monoisotopic (exact) mass is 248 g/mol. The molecule has 1 saturated carbocycles. The Balaban J connectivity index is 1.79. The first-order valence-electron chi connectivity index (χ1n) is 6.85. The minimum Gasteiger partial charge on any atom is -0.493 e. The fraction of sp³-hybridized carbons (Fsp3) is 0.600. The molecule has 98 valence electrons. The van der Waals surface area contributed by atoms with Crippen LogP contribution in [0.1, 0.15) is 37.0 Å². The van der Waals surface area contributed by atoms with Crippen LogP contribution >= 0.6 is 0 Å². The van der Waals surface area contributed by atoms with Crippen LogP contribution in [0.2, 0.25) is 0 Å². The van der Waals surface area contributed by atoms with Gasteiger partial charge < -0.3 is 14.6 Å². The van der Waals surface area contributed by atoms with Crippen LogP contribution in [-0.4, -0.2) is 24.4 Å². The van der Waals surface area contributed by atoms with Gasteiger partial charge in [0.1, 0.15) is 11.9 Å². The first-order chi connectivity index (χ1) is 8.79. The zero-order valence-corrected chi connectivity index (χ0v) is 10.8. The van der Waals surface area contributed by atoms with Crippen LogP contribution in [0.4, 0.5) is 0 Å². The van der Waals surface area contributed by atoms with E-state index in [1.165, 1.54) is 18.4 Å². The van der Waals surface area contributed by atoms with E-state index in [-0.39, 0.29) is 6.10 Å². The van der Waals surface area contributed by atoms with Gasteiger partial charge in [0.2, 0.25) is 0 Å². The van der Waals surface area contributed by atoms with E-state index in [2.05, 4.69) is 6.07 Å². The van der Waals surface area contributed by atoms with Gasteiger partial charge >= 0.3 is 0 Å². The van der Waals surface area contributed by atoms with Gasteiger partial charge in [-0.2, -0.15) is 0 Å². The van der Waals surface area contributed by atoms with Gasteiger partial charge in [-0.25, -0.2) is 0 Å². The third kappa shape index (κ3) is 2.25. The zero-order valence-electron chi connectivity index (χ0n) is 10.8. The van der Waals surface area contributed by atoms with E-state index in [4.69, 9.17) is 9.47 Å². The minimum absolute atomic E-state index is 0.0460. The molecule has 0 saturated heterocycles. The maximum absolute atomic E-state index is 10.5. The molecule has 1 aromatic carbocycles. The highest BCUT2D eigenvalue weighted by molar-refractivity contribution is 5.40. The second-order valence-electron chi connectivity index (χ2n) is 5.17. The van der Waals surface area contributed by atoms with Gasteiger partial charge in [0.25, 0.3) is 0 Å². The van der Waals surface area contributed by atoms with Crippen LogP contribution in [0.5, 0.6) is 5.75 Å². The third-order valence-corrected chi connectivity index (χ3v) is 3.81. The molecule has 1 aliphatic heterocycles. The normalized spacial score (nSPS) is 21.2. The average Bonchev–Trinajstić information content (AvgIpc) is 3.12. The molecule has 3 heteroatoms. The average molecular weight is 248 g/mol. The molecule has 0 bridgehead atoms. The molecule has 0 radical (unpaired) electrons. The summed E-state index contributed by atoms with van der Waals surface area (Å²) in [4.78, 5) is 0. The third-order valence-electron chi connectivity index (χ3n) is 3.81. The van der Waals surface area contributed by atoms with E-state index in [0.29, 0.717) is 12.5 Å². The SMILES string of the molecule is CCOC(C1CC1)C(O)c1ccc2c(c1)CCO2. The first kappa shape index (κ1) is 12.0. The standard InChI is InChI=1S/C15H20O3/c1-2-17-15(10-3-4-10)14(16)12-5-6-13-11(9-12)7-8-18-13/h5-6,9-10,14-16H,2-4,7-8H2,1H3. The van der Waals surface area contributed by atoms with Crippen LogP contribution in [0.15, 0.2) is 18.2 Å². The number of hydrogen-bond donors (Lipinski definition) is 1. The van der Waals surface area contributed by atoms with E-state index < -0.39 is 6.10 Å². The molecule has 3 rings (SSSR count). The lowest BCUT2D eigenvalue weighted by atomic mass is 9.98. The summed E-state index contributed by atoms with van der Waals surface area (Å²) in [5, 5.41) is 10.5. The number of aliphatic hydroxyl groups excluding tert-OH is 1. The topological polar surface area (TPSA) is 38.7 Å². The van der Waals surface area contributed by atoms with Crippen molar-refractivity contribution in [3.63, 3.8) is 0 Å². The summed E-state index contributed by atoms with van der Waals surface area (Å²) in [5.74, 6) is 1.50. The van der Waals surface area contributed by atoms with E-state index in [1.54, 1.807) is 0 Å². The molecule has 1 N–H and O–H groups in total. The first-order valence-corrected chi connectivity index (χ1v) is 6.85. The van der Waals surface area contributed by atoms with Gasteiger partial charge in [0.05, 0.1) is 12.7 Å². The molecule has 0 aromatic heterocycles. The van der Waals surface area contributed by atoms with Crippen molar-refractivity contribution in [3.05, 3.63) is 29.3 Å². The largest absolute Gasteiger partial charge is 0.493 e. The Labute approximate surface area is 108 Å². The highest BCUT2D eigenvalue weighted by atomic mass is 16.5. The smallest absolute Gasteiger partial charge is 0.122 e. The van der Waals surface area contributed by atoms with Gasteiger partial charge in [-0.05, 0) is 48.9 Å². The van der Waals surface area contributed by atoms with Gasteiger partial charge in [0, 0.05) is 13.0 Å². The molecule has 1 heterocycles. The Bertz CT molecular complexity index is 426. The Kier molecular flexibility index (Phi) is 3.27. The van der Waals surface area contributed by atoms with Crippen molar-refractivity contribution in [2.24, 2.45) is 5.92 Å². The maximum Gasteiger partial charge on any atom is 0.122 e. The Hall–Kier alpha value is -1.06. The molecule has 1 fully saturated rings. The lowest BCUT2D eigenvalue weighted by Gasteiger charge is -2.23. The van der Waals surface area contributed by atoms with Crippen molar-refractivity contribution in [1.82, 2.24) is 0 Å². The van der Waals surface area contributed by atoms with E-state index in [9.17, 15) is 5.11 Å². The van der Waals surface area contributed by atoms with Crippen molar-refractivity contribution in [3.8, 4) is 5.75 Å². The Morgan fingerprint density at radius 3 is 3.00 bits per heavy atom. The number of hydrogen-bond acceptors (Lipinski definition) is 3. The van der Waals surface area contributed by atoms with Gasteiger partial charge in [-0.3, -0.25) is 0 Å². The van der Waals surface area contributed by atoms with Crippen LogP contribution in [0, 0.1) is 5.92 Å². The maximum atomic E-state index is 10.5. The van der Waals surface area contributed by atoms with Crippen molar-refractivity contribution in [1.29, 1.82) is 0 Å². The molecule has 2 unspecified atom stereocenters. The molecule has 1 aliphatic carbocycles. The summed E-state index contributed by atoms with van der Waals surface area (Å²) in [6, 6.07) is 6.00. The predicted molar refractivity (Wildman–Crippen MR) is 68.7 cm³/mol. The molecule has 2 aliphatic rings. The van der Waals surface area contributed by atoms with Gasteiger partial charge in [-0.15, -0.1) is 0 Å². The summed E-state index contributed by atoms with van der Waals surface area (Å²) >= 11 is 0. The summed E-state index contributed by atoms with van der Waals surface area (Å²) in [6.07, 6.45) is 2.74. The second kappa shape index (κ2) is 4.90. The van der Waals surface area contributed by atoms with E-state index >= 15 is 0 Å². The fourth-order valence-corrected chi connectivity index (χ4v) is 2.68. The summed E-state index contributed by atoms with van der Waals surface area (Å²) in [5.41, 5.74) is 2.17. The number of aliphatic hydroxyl groups is 1. The van der Waals surface area contributed by atoms with Crippen molar-refractivity contribution >= 4 is 0 Å². The molecule has 18 heavy (non-hydrogen) atoms. The number of benzene rings is 1. The Morgan fingerprint density at radius 2 is 2.28 bits per heavy atom. The van der Waals surface area contributed by atoms with Crippen LogP contribution in [0.3, 0.4) is 0 Å². The number of ether oxygens (including phenoxy) is 2. The van der Waals surface area contributed by atoms with Crippen molar-refractivity contribution in [2.45, 2.75) is 38.4 Å². The molecule has 0 amide bonds. The molecule has 2 atom stereocenters. The zero-order chi connectivity index (χ0) is 12.5. The summed E-state index contributed by atoms with van der Waals surface area (Å²) in [6.45, 7) is 3.40. The molecule has 1 aromatic rings. The van der Waals surface area contributed by atoms with E-state index in [0.717, 1.165) is 24.3 Å². The van der Waals surface area contributed by atoms with Crippen LogP contribution in [-0.2, 0) is 11.2 Å². The van der Waals surface area contributed by atoms with Crippen LogP contribution < -0.4 is 4.74 Å². The van der Waals surface area contributed by atoms with Crippen molar-refractivity contribution < 1.29 is 14.6 Å². The second-order valence-corrected chi connectivity index (χ2v) is 5.17. The van der Waals surface area contributed by atoms with Crippen molar-refractivity contribution in [2.75, 3.05) is 13.2 Å². The fourth-order valence-electron chi connectivity index (χ4n) is 2.68. The lowest BCUT2D eigenvalue weighted by molar-refractivity contribution is -0.0462. The quantitative estimate of drug-likeness (QED) is 0.870. The molecule has 3 nitrogen and oxygen atoms in total. The van der Waals surface area contributed by atoms with Crippen LogP contribution in [0.25, 0.3) is 0 Å². The molecular weight excluding hydrogens is 228 g/mol. The highest BCUT2D eigenvalue weighted by Gasteiger charge is 2.37. The van der Waals surface area contributed by atoms with E-state index in [1.807, 2.05) is 19.1 Å². The predicted octanol–water partition coefficient (Wildman–Crippen LogP) is 2.47. The molecule has 0 spiro atoms. The summed E-state index contributed by atoms with van der Waals surface area (Å²) in [7, 11) is 0. The Morgan fingerprint density at radius 1 is 1.44 bits per heavy atom. The van der Waals surface area contributed by atoms with Gasteiger partial charge in [-0.1, -0.05) is 6.07 Å². The highest BCUT2D eigenvalue weighted by Crippen LogP contribution is 2.40. The number of fused-ring (bicyclic) bond motifs is 1. The van der Waals surface area contributed by atoms with Gasteiger partial charge in [0.15, 0.2) is 0 Å². The minimum atomic E-state index is -0.511. The lowest BCUT2D eigenvalue weighted by Crippen LogP contribution is -2.24.